The Morgan fingerprint density at radius 2 is 1.94 bits per heavy atom. The van der Waals surface area contributed by atoms with Gasteiger partial charge in [-0.25, -0.2) is 0 Å². The summed E-state index contributed by atoms with van der Waals surface area (Å²) >= 11 is 7.02. The van der Waals surface area contributed by atoms with E-state index < -0.39 is 0 Å². The van der Waals surface area contributed by atoms with Crippen molar-refractivity contribution in [3.05, 3.63) is 45.6 Å². The average Bonchev–Trinajstić information content (AvgIpc) is 2.77. The molecule has 0 spiro atoms. The number of anilines is 1. The van der Waals surface area contributed by atoms with Crippen LogP contribution in [-0.2, 0) is 0 Å². The fraction of sp³-hybridized carbons (Fsp3) is 0.0833. The Morgan fingerprint density at radius 3 is 2.47 bits per heavy atom. The fourth-order valence-corrected chi connectivity index (χ4v) is 2.24. The monoisotopic (exact) mass is 267 g/mol. The first-order valence-electron chi connectivity index (χ1n) is 4.90. The number of carbonyl (C=O) groups is 1. The number of hydrogen-bond acceptors (Lipinski definition) is 3. The predicted octanol–water partition coefficient (Wildman–Crippen LogP) is 3.66. The van der Waals surface area contributed by atoms with Crippen LogP contribution >= 0.6 is 22.9 Å². The van der Waals surface area contributed by atoms with Gasteiger partial charge >= 0.3 is 0 Å². The molecule has 0 fully saturated rings. The number of ether oxygens (including phenoxy) is 1. The van der Waals surface area contributed by atoms with Gasteiger partial charge in [0.2, 0.25) is 0 Å². The third kappa shape index (κ3) is 2.99. The minimum absolute atomic E-state index is 0.160. The van der Waals surface area contributed by atoms with E-state index in [0.29, 0.717) is 9.21 Å². The quantitative estimate of drug-likeness (QED) is 0.922. The number of halogens is 1. The van der Waals surface area contributed by atoms with Crippen LogP contribution in [-0.4, -0.2) is 13.0 Å². The van der Waals surface area contributed by atoms with Gasteiger partial charge in [0, 0.05) is 5.69 Å². The van der Waals surface area contributed by atoms with Crippen molar-refractivity contribution < 1.29 is 9.53 Å². The third-order valence-corrected chi connectivity index (χ3v) is 3.37. The van der Waals surface area contributed by atoms with Crippen molar-refractivity contribution >= 4 is 34.5 Å². The lowest BCUT2D eigenvalue weighted by Gasteiger charge is -2.04. The number of methoxy groups -OCH3 is 1. The van der Waals surface area contributed by atoms with E-state index in [-0.39, 0.29) is 5.91 Å². The van der Waals surface area contributed by atoms with Crippen LogP contribution < -0.4 is 10.1 Å². The number of rotatable bonds is 3. The van der Waals surface area contributed by atoms with Gasteiger partial charge in [-0.05, 0) is 36.4 Å². The molecular formula is C12H10ClNO2S. The van der Waals surface area contributed by atoms with Gasteiger partial charge in [-0.3, -0.25) is 4.79 Å². The lowest BCUT2D eigenvalue weighted by molar-refractivity contribution is 0.103. The van der Waals surface area contributed by atoms with Crippen LogP contribution in [0.1, 0.15) is 9.67 Å². The summed E-state index contributed by atoms with van der Waals surface area (Å²) in [5, 5.41) is 2.78. The number of hydrogen-bond donors (Lipinski definition) is 1. The molecule has 17 heavy (non-hydrogen) atoms. The summed E-state index contributed by atoms with van der Waals surface area (Å²) in [7, 11) is 1.60. The van der Waals surface area contributed by atoms with Crippen LogP contribution in [0, 0.1) is 0 Å². The van der Waals surface area contributed by atoms with Gasteiger partial charge in [0.05, 0.1) is 16.3 Å². The van der Waals surface area contributed by atoms with Gasteiger partial charge in [0.1, 0.15) is 5.75 Å². The van der Waals surface area contributed by atoms with Crippen molar-refractivity contribution in [2.24, 2.45) is 0 Å². The molecule has 0 unspecified atom stereocenters. The number of thiophene rings is 1. The van der Waals surface area contributed by atoms with Crippen LogP contribution in [0.25, 0.3) is 0 Å². The Kier molecular flexibility index (Phi) is 3.66. The highest BCUT2D eigenvalue weighted by molar-refractivity contribution is 7.18. The third-order valence-electron chi connectivity index (χ3n) is 2.14. The summed E-state index contributed by atoms with van der Waals surface area (Å²) in [4.78, 5) is 12.4. The molecule has 1 aromatic carbocycles. The topological polar surface area (TPSA) is 38.3 Å². The van der Waals surface area contributed by atoms with Crippen LogP contribution in [0.4, 0.5) is 5.69 Å². The van der Waals surface area contributed by atoms with Gasteiger partial charge in [-0.2, -0.15) is 0 Å². The second kappa shape index (κ2) is 5.21. The molecule has 2 aromatic rings. The van der Waals surface area contributed by atoms with E-state index in [2.05, 4.69) is 5.32 Å². The van der Waals surface area contributed by atoms with E-state index in [4.69, 9.17) is 16.3 Å². The summed E-state index contributed by atoms with van der Waals surface area (Å²) in [5.74, 6) is 0.592. The minimum atomic E-state index is -0.160. The van der Waals surface area contributed by atoms with E-state index in [1.165, 1.54) is 11.3 Å². The first kappa shape index (κ1) is 12.0. The second-order valence-electron chi connectivity index (χ2n) is 3.29. The number of benzene rings is 1. The molecule has 0 radical (unpaired) electrons. The molecule has 0 saturated carbocycles. The predicted molar refractivity (Wildman–Crippen MR) is 70.3 cm³/mol. The van der Waals surface area contributed by atoms with E-state index in [0.717, 1.165) is 11.4 Å². The molecule has 88 valence electrons. The standard InChI is InChI=1S/C12H10ClNO2S/c1-16-9-4-2-8(3-5-9)14-12(15)10-6-7-11(13)17-10/h2-7H,1H3,(H,14,15). The van der Waals surface area contributed by atoms with Crippen molar-refractivity contribution in [3.8, 4) is 5.75 Å². The molecule has 0 atom stereocenters. The molecular weight excluding hydrogens is 258 g/mol. The Morgan fingerprint density at radius 1 is 1.24 bits per heavy atom. The Bertz CT molecular complexity index is 522. The lowest BCUT2D eigenvalue weighted by atomic mass is 10.3. The van der Waals surface area contributed by atoms with E-state index >= 15 is 0 Å². The molecule has 0 aliphatic carbocycles. The maximum Gasteiger partial charge on any atom is 0.265 e. The molecule has 1 amide bonds. The molecule has 3 nitrogen and oxygen atoms in total. The summed E-state index contributed by atoms with van der Waals surface area (Å²) in [5.41, 5.74) is 0.723. The van der Waals surface area contributed by atoms with Crippen molar-refractivity contribution in [1.82, 2.24) is 0 Å². The molecule has 0 aliphatic rings. The summed E-state index contributed by atoms with van der Waals surface area (Å²) in [6, 6.07) is 10.5. The SMILES string of the molecule is COc1ccc(NC(=O)c2ccc(Cl)s2)cc1. The maximum absolute atomic E-state index is 11.8. The van der Waals surface area contributed by atoms with Gasteiger partial charge in [0.15, 0.2) is 0 Å². The zero-order valence-corrected chi connectivity index (χ0v) is 10.6. The number of amides is 1. The van der Waals surface area contributed by atoms with Crippen molar-refractivity contribution in [2.75, 3.05) is 12.4 Å². The van der Waals surface area contributed by atoms with E-state index in [1.807, 2.05) is 0 Å². The summed E-state index contributed by atoms with van der Waals surface area (Å²) in [6.07, 6.45) is 0. The zero-order chi connectivity index (χ0) is 12.3. The molecule has 2 rings (SSSR count). The molecule has 0 saturated heterocycles. The van der Waals surface area contributed by atoms with Gasteiger partial charge in [-0.15, -0.1) is 11.3 Å². The molecule has 0 bridgehead atoms. The second-order valence-corrected chi connectivity index (χ2v) is 5.00. The molecule has 1 heterocycles. The summed E-state index contributed by atoms with van der Waals surface area (Å²) in [6.45, 7) is 0. The molecule has 1 N–H and O–H groups in total. The number of nitrogens with one attached hydrogen (secondary N) is 1. The first-order chi connectivity index (χ1) is 8.19. The molecule has 1 aromatic heterocycles. The van der Waals surface area contributed by atoms with E-state index in [1.54, 1.807) is 43.5 Å². The minimum Gasteiger partial charge on any atom is -0.497 e. The van der Waals surface area contributed by atoms with Crippen LogP contribution in [0.3, 0.4) is 0 Å². The van der Waals surface area contributed by atoms with Crippen LogP contribution in [0.5, 0.6) is 5.75 Å². The summed E-state index contributed by atoms with van der Waals surface area (Å²) < 4.78 is 5.64. The fourth-order valence-electron chi connectivity index (χ4n) is 1.30. The Balaban J connectivity index is 2.07. The zero-order valence-electron chi connectivity index (χ0n) is 9.07. The Labute approximate surface area is 108 Å². The highest BCUT2D eigenvalue weighted by Gasteiger charge is 2.08. The van der Waals surface area contributed by atoms with E-state index in [9.17, 15) is 4.79 Å². The molecule has 5 heteroatoms. The van der Waals surface area contributed by atoms with Gasteiger partial charge in [0.25, 0.3) is 5.91 Å². The number of carbonyl (C=O) groups excluding carboxylic acids is 1. The normalized spacial score (nSPS) is 10.0. The average molecular weight is 268 g/mol. The van der Waals surface area contributed by atoms with Gasteiger partial charge < -0.3 is 10.1 Å². The lowest BCUT2D eigenvalue weighted by Crippen LogP contribution is -2.09. The van der Waals surface area contributed by atoms with Crippen LogP contribution in [0.15, 0.2) is 36.4 Å². The van der Waals surface area contributed by atoms with Crippen molar-refractivity contribution in [3.63, 3.8) is 0 Å². The first-order valence-corrected chi connectivity index (χ1v) is 6.09. The highest BCUT2D eigenvalue weighted by atomic mass is 35.5. The highest BCUT2D eigenvalue weighted by Crippen LogP contribution is 2.23. The van der Waals surface area contributed by atoms with Crippen LogP contribution in [0.2, 0.25) is 4.34 Å². The van der Waals surface area contributed by atoms with Crippen molar-refractivity contribution in [2.45, 2.75) is 0 Å². The Hall–Kier alpha value is -1.52. The molecule has 0 aliphatic heterocycles. The van der Waals surface area contributed by atoms with Gasteiger partial charge in [-0.1, -0.05) is 11.6 Å². The largest absolute Gasteiger partial charge is 0.497 e. The smallest absolute Gasteiger partial charge is 0.265 e. The van der Waals surface area contributed by atoms with Crippen molar-refractivity contribution in [1.29, 1.82) is 0 Å². The maximum atomic E-state index is 11.8.